The summed E-state index contributed by atoms with van der Waals surface area (Å²) in [5.74, 6) is -0.782. The van der Waals surface area contributed by atoms with Crippen molar-refractivity contribution in [3.8, 4) is 23.2 Å². The van der Waals surface area contributed by atoms with E-state index in [1.165, 1.54) is 0 Å². The number of hydrogen-bond acceptors (Lipinski definition) is 3. The first-order valence-electron chi connectivity index (χ1n) is 7.01. The fourth-order valence-corrected chi connectivity index (χ4v) is 2.54. The maximum atomic E-state index is 13.6. The van der Waals surface area contributed by atoms with E-state index in [0.717, 1.165) is 12.1 Å². The number of imidazole rings is 1. The summed E-state index contributed by atoms with van der Waals surface area (Å²) in [6.45, 7) is 0.325. The number of aromatic nitrogens is 2. The van der Waals surface area contributed by atoms with Gasteiger partial charge in [0.2, 0.25) is 0 Å². The van der Waals surface area contributed by atoms with E-state index < -0.39 is 11.6 Å². The van der Waals surface area contributed by atoms with Gasteiger partial charge in [0, 0.05) is 18.7 Å². The van der Waals surface area contributed by atoms with Crippen molar-refractivity contribution in [3.63, 3.8) is 0 Å². The Hall–Kier alpha value is -2.94. The second-order valence-electron chi connectivity index (χ2n) is 4.95. The number of para-hydroxylation sites is 1. The van der Waals surface area contributed by atoms with E-state index in [1.807, 2.05) is 18.2 Å². The first kappa shape index (κ1) is 15.0. The summed E-state index contributed by atoms with van der Waals surface area (Å²) in [6.07, 6.45) is 0.229. The van der Waals surface area contributed by atoms with Crippen molar-refractivity contribution in [2.24, 2.45) is 0 Å². The van der Waals surface area contributed by atoms with Crippen LogP contribution in [0.4, 0.5) is 8.78 Å². The standard InChI is InChI=1S/C17H13F2N3O/c1-23-16-6-3-2-5-11(16)17-21-14-9-12(18)13(19)10-15(14)22(17)8-4-7-20/h2-3,5-6,9-10H,4,8H2,1H3. The third-order valence-electron chi connectivity index (χ3n) is 3.59. The molecule has 0 amide bonds. The molecule has 0 N–H and O–H groups in total. The molecule has 0 saturated heterocycles. The van der Waals surface area contributed by atoms with E-state index in [-0.39, 0.29) is 6.42 Å². The second kappa shape index (κ2) is 6.05. The van der Waals surface area contributed by atoms with Crippen molar-refractivity contribution >= 4 is 11.0 Å². The molecule has 0 aliphatic rings. The Balaban J connectivity index is 2.29. The molecule has 116 valence electrons. The Bertz CT molecular complexity index is 912. The minimum Gasteiger partial charge on any atom is -0.496 e. The zero-order valence-corrected chi connectivity index (χ0v) is 12.4. The van der Waals surface area contributed by atoms with Crippen LogP contribution in [-0.2, 0) is 6.54 Å². The molecule has 0 aliphatic carbocycles. The molecular formula is C17H13F2N3O. The zero-order valence-electron chi connectivity index (χ0n) is 12.4. The van der Waals surface area contributed by atoms with Gasteiger partial charge in [-0.05, 0) is 12.1 Å². The normalized spacial score (nSPS) is 10.7. The topological polar surface area (TPSA) is 50.8 Å². The average Bonchev–Trinajstić information content (AvgIpc) is 2.90. The van der Waals surface area contributed by atoms with Crippen LogP contribution >= 0.6 is 0 Å². The van der Waals surface area contributed by atoms with Gasteiger partial charge in [-0.15, -0.1) is 0 Å². The summed E-state index contributed by atoms with van der Waals surface area (Å²) >= 11 is 0. The second-order valence-corrected chi connectivity index (χ2v) is 4.95. The van der Waals surface area contributed by atoms with E-state index in [9.17, 15) is 8.78 Å². The van der Waals surface area contributed by atoms with Crippen LogP contribution in [0.5, 0.6) is 5.75 Å². The third-order valence-corrected chi connectivity index (χ3v) is 3.59. The Kier molecular flexibility index (Phi) is 3.94. The van der Waals surface area contributed by atoms with Gasteiger partial charge in [0.05, 0.1) is 36.2 Å². The average molecular weight is 313 g/mol. The molecule has 23 heavy (non-hydrogen) atoms. The highest BCUT2D eigenvalue weighted by Crippen LogP contribution is 2.32. The predicted molar refractivity (Wildman–Crippen MR) is 81.9 cm³/mol. The number of hydrogen-bond donors (Lipinski definition) is 0. The summed E-state index contributed by atoms with van der Waals surface area (Å²) in [4.78, 5) is 4.41. The van der Waals surface area contributed by atoms with E-state index in [0.29, 0.717) is 34.7 Å². The molecule has 6 heteroatoms. The lowest BCUT2D eigenvalue weighted by atomic mass is 10.2. The summed E-state index contributed by atoms with van der Waals surface area (Å²) in [7, 11) is 1.54. The van der Waals surface area contributed by atoms with Gasteiger partial charge in [-0.1, -0.05) is 12.1 Å². The van der Waals surface area contributed by atoms with Crippen LogP contribution in [-0.4, -0.2) is 16.7 Å². The van der Waals surface area contributed by atoms with Gasteiger partial charge in [0.15, 0.2) is 11.6 Å². The van der Waals surface area contributed by atoms with Gasteiger partial charge < -0.3 is 9.30 Å². The quantitative estimate of drug-likeness (QED) is 0.734. The number of ether oxygens (including phenoxy) is 1. The summed E-state index contributed by atoms with van der Waals surface area (Å²) in [6, 6.07) is 11.5. The maximum Gasteiger partial charge on any atom is 0.161 e. The van der Waals surface area contributed by atoms with Gasteiger partial charge in [-0.2, -0.15) is 5.26 Å². The number of aryl methyl sites for hydroxylation is 1. The first-order chi connectivity index (χ1) is 11.2. The van der Waals surface area contributed by atoms with Crippen molar-refractivity contribution in [2.75, 3.05) is 7.11 Å². The van der Waals surface area contributed by atoms with E-state index in [2.05, 4.69) is 11.1 Å². The summed E-state index contributed by atoms with van der Waals surface area (Å²) in [5.41, 5.74) is 1.48. The number of fused-ring (bicyclic) bond motifs is 1. The van der Waals surface area contributed by atoms with Gasteiger partial charge in [0.1, 0.15) is 11.6 Å². The molecule has 0 unspecified atom stereocenters. The number of nitrogens with zero attached hydrogens (tertiary/aromatic N) is 3. The highest BCUT2D eigenvalue weighted by atomic mass is 19.2. The SMILES string of the molecule is COc1ccccc1-c1nc2cc(F)c(F)cc2n1CCC#N. The lowest BCUT2D eigenvalue weighted by molar-refractivity contribution is 0.416. The van der Waals surface area contributed by atoms with Crippen molar-refractivity contribution in [2.45, 2.75) is 13.0 Å². The number of halogens is 2. The van der Waals surface area contributed by atoms with Crippen LogP contribution in [0.1, 0.15) is 6.42 Å². The molecule has 4 nitrogen and oxygen atoms in total. The van der Waals surface area contributed by atoms with Crippen LogP contribution in [0.3, 0.4) is 0 Å². The maximum absolute atomic E-state index is 13.6. The Morgan fingerprint density at radius 3 is 2.70 bits per heavy atom. The van der Waals surface area contributed by atoms with Crippen molar-refractivity contribution in [1.82, 2.24) is 9.55 Å². The molecule has 0 atom stereocenters. The fraction of sp³-hybridized carbons (Fsp3) is 0.176. The zero-order chi connectivity index (χ0) is 16.4. The van der Waals surface area contributed by atoms with Gasteiger partial charge in [-0.25, -0.2) is 13.8 Å². The van der Waals surface area contributed by atoms with Gasteiger partial charge in [0.25, 0.3) is 0 Å². The smallest absolute Gasteiger partial charge is 0.161 e. The third kappa shape index (κ3) is 2.61. The molecular weight excluding hydrogens is 300 g/mol. The minimum absolute atomic E-state index is 0.229. The minimum atomic E-state index is -0.950. The first-order valence-corrected chi connectivity index (χ1v) is 7.01. The van der Waals surface area contributed by atoms with Gasteiger partial charge >= 0.3 is 0 Å². The molecule has 1 aromatic heterocycles. The predicted octanol–water partition coefficient (Wildman–Crippen LogP) is 3.90. The number of methoxy groups -OCH3 is 1. The number of nitriles is 1. The highest BCUT2D eigenvalue weighted by Gasteiger charge is 2.17. The molecule has 0 fully saturated rings. The Labute approximate surface area is 131 Å². The highest BCUT2D eigenvalue weighted by molar-refractivity contribution is 5.82. The molecule has 2 aromatic carbocycles. The van der Waals surface area contributed by atoms with Crippen LogP contribution in [0.25, 0.3) is 22.4 Å². The van der Waals surface area contributed by atoms with E-state index in [1.54, 1.807) is 17.7 Å². The number of rotatable bonds is 4. The van der Waals surface area contributed by atoms with Crippen molar-refractivity contribution in [3.05, 3.63) is 48.0 Å². The Morgan fingerprint density at radius 1 is 1.22 bits per heavy atom. The monoisotopic (exact) mass is 313 g/mol. The van der Waals surface area contributed by atoms with Crippen molar-refractivity contribution < 1.29 is 13.5 Å². The molecule has 1 heterocycles. The Morgan fingerprint density at radius 2 is 1.96 bits per heavy atom. The summed E-state index contributed by atoms with van der Waals surface area (Å²) in [5, 5.41) is 8.86. The van der Waals surface area contributed by atoms with Crippen LogP contribution in [0.15, 0.2) is 36.4 Å². The largest absolute Gasteiger partial charge is 0.496 e. The molecule has 3 rings (SSSR count). The van der Waals surface area contributed by atoms with Crippen molar-refractivity contribution in [1.29, 1.82) is 5.26 Å². The number of benzene rings is 2. The van der Waals surface area contributed by atoms with E-state index >= 15 is 0 Å². The van der Waals surface area contributed by atoms with Crippen LogP contribution in [0.2, 0.25) is 0 Å². The fourth-order valence-electron chi connectivity index (χ4n) is 2.54. The molecule has 0 spiro atoms. The lowest BCUT2D eigenvalue weighted by Gasteiger charge is -2.10. The van der Waals surface area contributed by atoms with Crippen LogP contribution in [0, 0.1) is 23.0 Å². The molecule has 3 aromatic rings. The molecule has 0 saturated carbocycles. The lowest BCUT2D eigenvalue weighted by Crippen LogP contribution is -2.01. The molecule has 0 aliphatic heterocycles. The molecule has 0 radical (unpaired) electrons. The van der Waals surface area contributed by atoms with E-state index in [4.69, 9.17) is 10.00 Å². The van der Waals surface area contributed by atoms with Crippen LogP contribution < -0.4 is 4.74 Å². The molecule has 0 bridgehead atoms. The summed E-state index contributed by atoms with van der Waals surface area (Å²) < 4.78 is 34.1. The van der Waals surface area contributed by atoms with Gasteiger partial charge in [-0.3, -0.25) is 0 Å².